The van der Waals surface area contributed by atoms with Crippen molar-refractivity contribution in [3.63, 3.8) is 0 Å². The van der Waals surface area contributed by atoms with Crippen LogP contribution in [-0.4, -0.2) is 35.4 Å². The molecule has 0 aliphatic carbocycles. The average molecular weight is 256 g/mol. The van der Waals surface area contributed by atoms with Gasteiger partial charge in [0.15, 0.2) is 0 Å². The van der Waals surface area contributed by atoms with Crippen LogP contribution in [-0.2, 0) is 14.3 Å². The van der Waals surface area contributed by atoms with Crippen LogP contribution in [0, 0.1) is 5.41 Å². The predicted molar refractivity (Wildman–Crippen MR) is 60.4 cm³/mol. The highest BCUT2D eigenvalue weighted by Gasteiger charge is 2.54. The summed E-state index contributed by atoms with van der Waals surface area (Å²) in [6, 6.07) is -1.05. The molecule has 0 aromatic rings. The predicted octanol–water partition coefficient (Wildman–Crippen LogP) is 1.03. The average Bonchev–Trinajstić information content (AvgIpc) is 2.30. The topological polar surface area (TPSA) is 92.8 Å². The van der Waals surface area contributed by atoms with E-state index in [0.717, 1.165) is 0 Å². The maximum Gasteiger partial charge on any atom is 0.425 e. The van der Waals surface area contributed by atoms with E-state index in [1.54, 1.807) is 20.8 Å². The zero-order valence-corrected chi connectivity index (χ0v) is 10.6. The van der Waals surface area contributed by atoms with E-state index in [-0.39, 0.29) is 19.4 Å². The highest BCUT2D eigenvalue weighted by Crippen LogP contribution is 2.32. The molecule has 0 atom stereocenters. The van der Waals surface area contributed by atoms with Gasteiger partial charge in [-0.3, -0.25) is 14.9 Å². The molecule has 1 N–H and O–H groups in total. The van der Waals surface area contributed by atoms with Crippen LogP contribution in [0.4, 0.5) is 9.59 Å². The van der Waals surface area contributed by atoms with Gasteiger partial charge in [-0.15, -0.1) is 0 Å². The number of nitrogens with zero attached hydrogens (tertiary/aromatic N) is 1. The van der Waals surface area contributed by atoms with Gasteiger partial charge in [-0.05, 0) is 19.8 Å². The summed E-state index contributed by atoms with van der Waals surface area (Å²) >= 11 is 0. The molecular weight excluding hydrogens is 240 g/mol. The van der Waals surface area contributed by atoms with E-state index in [4.69, 9.17) is 0 Å². The molecule has 5 amide bonds. The molecule has 1 rings (SSSR count). The molecule has 0 aromatic heterocycles. The third-order valence-electron chi connectivity index (χ3n) is 3.13. The van der Waals surface area contributed by atoms with Crippen molar-refractivity contribution < 1.29 is 23.9 Å². The number of carbonyl (C=O) groups excluding carboxylic acids is 4. The Kier molecular flexibility index (Phi) is 4.05. The lowest BCUT2D eigenvalue weighted by Gasteiger charge is -2.36. The summed E-state index contributed by atoms with van der Waals surface area (Å²) in [4.78, 5) is 47.4. The van der Waals surface area contributed by atoms with Crippen LogP contribution < -0.4 is 5.32 Å². The minimum atomic E-state index is -1.37. The van der Waals surface area contributed by atoms with Gasteiger partial charge in [0.2, 0.25) is 5.91 Å². The Morgan fingerprint density at radius 3 is 2.22 bits per heavy atom. The summed E-state index contributed by atoms with van der Waals surface area (Å²) < 4.78 is 4.63. The maximum absolute atomic E-state index is 12.2. The Hall–Kier alpha value is -1.92. The van der Waals surface area contributed by atoms with Crippen LogP contribution >= 0.6 is 0 Å². The normalized spacial score (nSPS) is 18.6. The molecule has 0 bridgehead atoms. The second-order valence-corrected chi connectivity index (χ2v) is 3.89. The summed E-state index contributed by atoms with van der Waals surface area (Å²) in [6.45, 7) is 4.90. The van der Waals surface area contributed by atoms with Crippen molar-refractivity contribution in [3.05, 3.63) is 0 Å². The molecule has 1 aliphatic rings. The number of imide groups is 4. The zero-order valence-electron chi connectivity index (χ0n) is 10.6. The molecule has 7 heteroatoms. The number of nitrogens with one attached hydrogen (secondary N) is 1. The second kappa shape index (κ2) is 5.16. The van der Waals surface area contributed by atoms with E-state index >= 15 is 0 Å². The number of urea groups is 1. The molecule has 0 radical (unpaired) electrons. The number of amides is 5. The highest BCUT2D eigenvalue weighted by atomic mass is 16.6. The third-order valence-corrected chi connectivity index (χ3v) is 3.13. The van der Waals surface area contributed by atoms with Gasteiger partial charge in [-0.25, -0.2) is 9.59 Å². The molecule has 0 spiro atoms. The van der Waals surface area contributed by atoms with Crippen molar-refractivity contribution in [2.24, 2.45) is 5.41 Å². The zero-order chi connectivity index (χ0) is 13.9. The van der Waals surface area contributed by atoms with Crippen LogP contribution in [0.15, 0.2) is 0 Å². The molecule has 7 nitrogen and oxygen atoms in total. The number of hydrogen-bond donors (Lipinski definition) is 1. The van der Waals surface area contributed by atoms with Crippen molar-refractivity contribution in [1.82, 2.24) is 10.2 Å². The maximum atomic E-state index is 12.2. The first-order valence-corrected chi connectivity index (χ1v) is 5.81. The van der Waals surface area contributed by atoms with Gasteiger partial charge in [-0.2, -0.15) is 4.90 Å². The van der Waals surface area contributed by atoms with E-state index in [9.17, 15) is 19.2 Å². The van der Waals surface area contributed by atoms with Crippen molar-refractivity contribution in [2.45, 2.75) is 33.6 Å². The van der Waals surface area contributed by atoms with Crippen LogP contribution in [0.1, 0.15) is 33.6 Å². The number of ether oxygens (including phenoxy) is 1. The fourth-order valence-electron chi connectivity index (χ4n) is 1.90. The Bertz CT molecular complexity index is 400. The molecular formula is C11H16N2O5. The quantitative estimate of drug-likeness (QED) is 0.761. The Labute approximate surface area is 104 Å². The van der Waals surface area contributed by atoms with E-state index in [1.165, 1.54) is 0 Å². The smallest absolute Gasteiger partial charge is 0.425 e. The lowest BCUT2D eigenvalue weighted by Crippen LogP contribution is -2.65. The third kappa shape index (κ3) is 1.96. The number of carbonyl (C=O) groups is 4. The van der Waals surface area contributed by atoms with E-state index in [0.29, 0.717) is 4.90 Å². The highest BCUT2D eigenvalue weighted by molar-refractivity contribution is 6.24. The minimum absolute atomic E-state index is 0.0368. The molecule has 18 heavy (non-hydrogen) atoms. The van der Waals surface area contributed by atoms with Crippen LogP contribution in [0.2, 0.25) is 0 Å². The lowest BCUT2D eigenvalue weighted by molar-refractivity contribution is -0.150. The van der Waals surface area contributed by atoms with Crippen molar-refractivity contribution in [2.75, 3.05) is 6.61 Å². The van der Waals surface area contributed by atoms with E-state index < -0.39 is 29.4 Å². The number of rotatable bonds is 3. The number of hydrogen-bond acceptors (Lipinski definition) is 5. The standard InChI is InChI=1S/C11H16N2O5/c1-4-11(5-2)7(14)12-9(16)13(8(11)15)10(17)18-6-3/h4-6H2,1-3H3,(H,12,14,16). The molecule has 0 unspecified atom stereocenters. The van der Waals surface area contributed by atoms with Gasteiger partial charge < -0.3 is 4.74 Å². The summed E-state index contributed by atoms with van der Waals surface area (Å²) in [5, 5.41) is 2.02. The van der Waals surface area contributed by atoms with E-state index in [2.05, 4.69) is 4.74 Å². The van der Waals surface area contributed by atoms with Gasteiger partial charge in [0, 0.05) is 0 Å². The largest absolute Gasteiger partial charge is 0.449 e. The first-order chi connectivity index (χ1) is 8.44. The van der Waals surface area contributed by atoms with Gasteiger partial charge in [0.25, 0.3) is 5.91 Å². The summed E-state index contributed by atoms with van der Waals surface area (Å²) in [5.41, 5.74) is -1.37. The fraction of sp³-hybridized carbons (Fsp3) is 0.636. The summed E-state index contributed by atoms with van der Waals surface area (Å²) in [7, 11) is 0. The Balaban J connectivity index is 3.14. The molecule has 1 heterocycles. The summed E-state index contributed by atoms with van der Waals surface area (Å²) in [5.74, 6) is -1.48. The minimum Gasteiger partial charge on any atom is -0.449 e. The molecule has 1 aliphatic heterocycles. The van der Waals surface area contributed by atoms with Gasteiger partial charge in [0.1, 0.15) is 5.41 Å². The molecule has 0 saturated carbocycles. The Morgan fingerprint density at radius 1 is 1.22 bits per heavy atom. The summed E-state index contributed by atoms with van der Waals surface area (Å²) in [6.07, 6.45) is -0.645. The molecule has 1 saturated heterocycles. The SMILES string of the molecule is CCOC(=O)N1C(=O)NC(=O)C(CC)(CC)C1=O. The van der Waals surface area contributed by atoms with Gasteiger partial charge in [-0.1, -0.05) is 13.8 Å². The van der Waals surface area contributed by atoms with Crippen LogP contribution in [0.3, 0.4) is 0 Å². The first-order valence-electron chi connectivity index (χ1n) is 5.81. The Morgan fingerprint density at radius 2 is 1.78 bits per heavy atom. The lowest BCUT2D eigenvalue weighted by atomic mass is 9.79. The molecule has 1 fully saturated rings. The van der Waals surface area contributed by atoms with Gasteiger partial charge >= 0.3 is 12.1 Å². The van der Waals surface area contributed by atoms with Crippen LogP contribution in [0.5, 0.6) is 0 Å². The van der Waals surface area contributed by atoms with E-state index in [1.807, 2.05) is 5.32 Å². The molecule has 100 valence electrons. The van der Waals surface area contributed by atoms with Gasteiger partial charge in [0.05, 0.1) is 6.61 Å². The van der Waals surface area contributed by atoms with Crippen LogP contribution in [0.25, 0.3) is 0 Å². The van der Waals surface area contributed by atoms with Crippen molar-refractivity contribution in [3.8, 4) is 0 Å². The monoisotopic (exact) mass is 256 g/mol. The molecule has 0 aromatic carbocycles. The second-order valence-electron chi connectivity index (χ2n) is 3.89. The fourth-order valence-corrected chi connectivity index (χ4v) is 1.90. The first kappa shape index (κ1) is 14.1. The number of barbiturate groups is 1. The van der Waals surface area contributed by atoms with Crippen molar-refractivity contribution >= 4 is 23.9 Å². The van der Waals surface area contributed by atoms with Crippen molar-refractivity contribution in [1.29, 1.82) is 0 Å².